The molecule has 0 bridgehead atoms. The van der Waals surface area contributed by atoms with Gasteiger partial charge in [0.1, 0.15) is 11.9 Å². The zero-order chi connectivity index (χ0) is 18.5. The Hall–Kier alpha value is -1.68. The lowest BCUT2D eigenvalue weighted by Crippen LogP contribution is -2.50. The lowest BCUT2D eigenvalue weighted by molar-refractivity contribution is -0.0605. The van der Waals surface area contributed by atoms with Gasteiger partial charge in [-0.2, -0.15) is 5.10 Å². The second kappa shape index (κ2) is 10.0. The van der Waals surface area contributed by atoms with E-state index in [1.165, 1.54) is 12.1 Å². The largest absolute Gasteiger partial charge is 0.367 e. The lowest BCUT2D eigenvalue weighted by Gasteiger charge is -2.38. The van der Waals surface area contributed by atoms with Gasteiger partial charge in [0.25, 0.3) is 0 Å². The summed E-state index contributed by atoms with van der Waals surface area (Å²) < 4.78 is 21.1. The van der Waals surface area contributed by atoms with Crippen molar-refractivity contribution in [1.29, 1.82) is 0 Å². The molecule has 148 valence electrons. The van der Waals surface area contributed by atoms with E-state index >= 15 is 0 Å². The first-order valence-corrected chi connectivity index (χ1v) is 8.98. The number of benzene rings is 1. The number of guanidine groups is 1. The number of nitrogens with one attached hydrogen (secondary N) is 1. The fraction of sp³-hybridized carbons (Fsp3) is 0.474. The number of nitrogens with zero attached hydrogens (tertiary/aromatic N) is 4. The van der Waals surface area contributed by atoms with E-state index in [2.05, 4.69) is 22.2 Å². The minimum absolute atomic E-state index is 0. The molecule has 2 heterocycles. The molecule has 0 spiro atoms. The Balaban J connectivity index is 0.00000261. The van der Waals surface area contributed by atoms with Crippen LogP contribution in [0.5, 0.6) is 0 Å². The highest BCUT2D eigenvalue weighted by Gasteiger charge is 2.28. The maximum atomic E-state index is 13.2. The molecule has 1 aromatic carbocycles. The molecule has 1 aliphatic rings. The maximum absolute atomic E-state index is 13.2. The molecule has 0 amide bonds. The van der Waals surface area contributed by atoms with Crippen molar-refractivity contribution < 1.29 is 9.13 Å². The Bertz CT molecular complexity index is 749. The Morgan fingerprint density at radius 2 is 2.04 bits per heavy atom. The molecule has 2 atom stereocenters. The molecule has 0 saturated carbocycles. The highest BCUT2D eigenvalue weighted by Crippen LogP contribution is 2.25. The van der Waals surface area contributed by atoms with Crippen molar-refractivity contribution in [1.82, 2.24) is 20.0 Å². The van der Waals surface area contributed by atoms with Gasteiger partial charge >= 0.3 is 0 Å². The molecule has 3 rings (SSSR count). The van der Waals surface area contributed by atoms with E-state index in [-0.39, 0.29) is 42.0 Å². The SMILES string of the molecule is CCNC(=NCc1ccnn1C)N1CC(C)OC(c2ccc(F)cc2)C1.I. The molecule has 8 heteroatoms. The molecule has 2 unspecified atom stereocenters. The average Bonchev–Trinajstić information content (AvgIpc) is 3.03. The summed E-state index contributed by atoms with van der Waals surface area (Å²) in [4.78, 5) is 6.98. The Labute approximate surface area is 176 Å². The van der Waals surface area contributed by atoms with Crippen LogP contribution in [0.2, 0.25) is 0 Å². The van der Waals surface area contributed by atoms with Crippen molar-refractivity contribution in [2.45, 2.75) is 32.6 Å². The average molecular weight is 487 g/mol. The van der Waals surface area contributed by atoms with Crippen LogP contribution in [-0.2, 0) is 18.3 Å². The second-order valence-corrected chi connectivity index (χ2v) is 6.51. The molecule has 6 nitrogen and oxygen atoms in total. The number of morpholine rings is 1. The van der Waals surface area contributed by atoms with Crippen LogP contribution in [0.3, 0.4) is 0 Å². The third-order valence-electron chi connectivity index (χ3n) is 4.45. The van der Waals surface area contributed by atoms with Gasteiger partial charge in [0.05, 0.1) is 24.9 Å². The first kappa shape index (κ1) is 21.6. The van der Waals surface area contributed by atoms with Crippen molar-refractivity contribution in [3.05, 3.63) is 53.6 Å². The van der Waals surface area contributed by atoms with Crippen molar-refractivity contribution >= 4 is 29.9 Å². The summed E-state index contributed by atoms with van der Waals surface area (Å²) in [6, 6.07) is 8.50. The van der Waals surface area contributed by atoms with Crippen molar-refractivity contribution in [3.63, 3.8) is 0 Å². The van der Waals surface area contributed by atoms with E-state index in [0.717, 1.165) is 30.3 Å². The molecule has 1 aliphatic heterocycles. The smallest absolute Gasteiger partial charge is 0.194 e. The van der Waals surface area contributed by atoms with E-state index in [1.54, 1.807) is 18.3 Å². The number of ether oxygens (including phenoxy) is 1. The van der Waals surface area contributed by atoms with Crippen molar-refractivity contribution in [2.24, 2.45) is 12.0 Å². The Morgan fingerprint density at radius 3 is 2.67 bits per heavy atom. The quantitative estimate of drug-likeness (QED) is 0.409. The molecule has 1 aromatic heterocycles. The fourth-order valence-electron chi connectivity index (χ4n) is 3.12. The van der Waals surface area contributed by atoms with Crippen LogP contribution in [-0.4, -0.2) is 46.4 Å². The van der Waals surface area contributed by atoms with E-state index in [9.17, 15) is 4.39 Å². The molecule has 0 aliphatic carbocycles. The Morgan fingerprint density at radius 1 is 1.30 bits per heavy atom. The minimum Gasteiger partial charge on any atom is -0.367 e. The highest BCUT2D eigenvalue weighted by molar-refractivity contribution is 14.0. The van der Waals surface area contributed by atoms with Gasteiger partial charge in [-0.15, -0.1) is 24.0 Å². The van der Waals surface area contributed by atoms with Crippen LogP contribution < -0.4 is 5.32 Å². The predicted octanol–water partition coefficient (Wildman–Crippen LogP) is 3.10. The molecular weight excluding hydrogens is 460 g/mol. The summed E-state index contributed by atoms with van der Waals surface area (Å²) in [7, 11) is 1.92. The fourth-order valence-corrected chi connectivity index (χ4v) is 3.12. The summed E-state index contributed by atoms with van der Waals surface area (Å²) in [5.41, 5.74) is 2.03. The number of aliphatic imine (C=N–C) groups is 1. The van der Waals surface area contributed by atoms with Gasteiger partial charge in [-0.25, -0.2) is 9.38 Å². The summed E-state index contributed by atoms with van der Waals surface area (Å²) in [6.07, 6.45) is 1.72. The van der Waals surface area contributed by atoms with Crippen LogP contribution in [0.15, 0.2) is 41.5 Å². The van der Waals surface area contributed by atoms with Crippen LogP contribution in [0.25, 0.3) is 0 Å². The lowest BCUT2D eigenvalue weighted by atomic mass is 10.1. The number of hydrogen-bond donors (Lipinski definition) is 1. The van der Waals surface area contributed by atoms with Gasteiger partial charge in [0.15, 0.2) is 5.96 Å². The summed E-state index contributed by atoms with van der Waals surface area (Å²) >= 11 is 0. The van der Waals surface area contributed by atoms with Gasteiger partial charge in [-0.3, -0.25) is 4.68 Å². The van der Waals surface area contributed by atoms with E-state index in [4.69, 9.17) is 9.73 Å². The van der Waals surface area contributed by atoms with Gasteiger partial charge in [0.2, 0.25) is 0 Å². The number of rotatable bonds is 4. The van der Waals surface area contributed by atoms with Gasteiger partial charge in [-0.1, -0.05) is 12.1 Å². The second-order valence-electron chi connectivity index (χ2n) is 6.51. The molecule has 1 N–H and O–H groups in total. The molecule has 27 heavy (non-hydrogen) atoms. The van der Waals surface area contributed by atoms with Crippen molar-refractivity contribution in [2.75, 3.05) is 19.6 Å². The number of aromatic nitrogens is 2. The molecule has 0 radical (unpaired) electrons. The number of halogens is 2. The summed E-state index contributed by atoms with van der Waals surface area (Å²) in [5.74, 6) is 0.622. The van der Waals surface area contributed by atoms with Crippen molar-refractivity contribution in [3.8, 4) is 0 Å². The highest BCUT2D eigenvalue weighted by atomic mass is 127. The standard InChI is InChI=1S/C19H26FN5O.HI/c1-4-21-19(22-11-17-9-10-23-24(17)3)25-12-14(2)26-18(13-25)15-5-7-16(20)8-6-15;/h5-10,14,18H,4,11-13H2,1-3H3,(H,21,22);1H. The van der Waals surface area contributed by atoms with Gasteiger partial charge in [0, 0.05) is 26.3 Å². The van der Waals surface area contributed by atoms with Gasteiger partial charge in [-0.05, 0) is 37.6 Å². The third kappa shape index (κ3) is 5.65. The molecule has 2 aromatic rings. The maximum Gasteiger partial charge on any atom is 0.194 e. The molecule has 1 saturated heterocycles. The van der Waals surface area contributed by atoms with Crippen LogP contribution >= 0.6 is 24.0 Å². The minimum atomic E-state index is -0.236. The zero-order valence-electron chi connectivity index (χ0n) is 15.9. The van der Waals surface area contributed by atoms with Crippen LogP contribution in [0.1, 0.15) is 31.2 Å². The number of aryl methyl sites for hydroxylation is 1. The van der Waals surface area contributed by atoms with Crippen LogP contribution in [0.4, 0.5) is 4.39 Å². The first-order chi connectivity index (χ1) is 12.6. The van der Waals surface area contributed by atoms with Crippen LogP contribution in [0, 0.1) is 5.82 Å². The summed E-state index contributed by atoms with van der Waals surface area (Å²) in [6.45, 7) is 6.89. The number of hydrogen-bond acceptors (Lipinski definition) is 3. The van der Waals surface area contributed by atoms with Gasteiger partial charge < -0.3 is 15.0 Å². The molecule has 1 fully saturated rings. The van der Waals surface area contributed by atoms with E-state index in [1.807, 2.05) is 24.7 Å². The monoisotopic (exact) mass is 487 g/mol. The Kier molecular flexibility index (Phi) is 8.03. The predicted molar refractivity (Wildman–Crippen MR) is 115 cm³/mol. The normalized spacial score (nSPS) is 20.3. The van der Waals surface area contributed by atoms with E-state index in [0.29, 0.717) is 13.1 Å². The zero-order valence-corrected chi connectivity index (χ0v) is 18.3. The molecular formula is C19H27FIN5O. The topological polar surface area (TPSA) is 54.7 Å². The third-order valence-corrected chi connectivity index (χ3v) is 4.45. The van der Waals surface area contributed by atoms with E-state index < -0.39 is 0 Å². The summed E-state index contributed by atoms with van der Waals surface area (Å²) in [5, 5.41) is 7.55. The first-order valence-electron chi connectivity index (χ1n) is 8.98.